The van der Waals surface area contributed by atoms with Gasteiger partial charge >= 0.3 is 5.63 Å². The summed E-state index contributed by atoms with van der Waals surface area (Å²) in [6.45, 7) is 1.92. The summed E-state index contributed by atoms with van der Waals surface area (Å²) in [5, 5.41) is 0. The molecule has 48 valence electrons. The Morgan fingerprint density at radius 3 is 2.89 bits per heavy atom. The average Bonchev–Trinajstić information content (AvgIpc) is 1.89. The SMILES string of the molecule is CCc1cccoc1=O. The second-order valence-electron chi connectivity index (χ2n) is 1.78. The maximum atomic E-state index is 10.7. The zero-order chi connectivity index (χ0) is 6.69. The molecule has 0 saturated carbocycles. The predicted molar refractivity (Wildman–Crippen MR) is 34.4 cm³/mol. The maximum absolute atomic E-state index is 10.7. The molecule has 9 heavy (non-hydrogen) atoms. The van der Waals surface area contributed by atoms with E-state index in [1.165, 1.54) is 6.26 Å². The summed E-state index contributed by atoms with van der Waals surface area (Å²) < 4.78 is 4.59. The molecule has 2 nitrogen and oxygen atoms in total. The van der Waals surface area contributed by atoms with E-state index in [2.05, 4.69) is 4.42 Å². The summed E-state index contributed by atoms with van der Waals surface area (Å²) >= 11 is 0. The zero-order valence-corrected chi connectivity index (χ0v) is 5.26. The maximum Gasteiger partial charge on any atom is 0.338 e. The van der Waals surface area contributed by atoms with Gasteiger partial charge in [0, 0.05) is 5.56 Å². The highest BCUT2D eigenvalue weighted by molar-refractivity contribution is 5.05. The van der Waals surface area contributed by atoms with Crippen LogP contribution in [-0.4, -0.2) is 0 Å². The minimum absolute atomic E-state index is 0.222. The first-order valence-corrected chi connectivity index (χ1v) is 2.91. The van der Waals surface area contributed by atoms with Crippen molar-refractivity contribution in [3.05, 3.63) is 34.4 Å². The van der Waals surface area contributed by atoms with Crippen LogP contribution in [0.25, 0.3) is 0 Å². The Morgan fingerprint density at radius 2 is 2.44 bits per heavy atom. The van der Waals surface area contributed by atoms with Gasteiger partial charge in [0.1, 0.15) is 0 Å². The van der Waals surface area contributed by atoms with Crippen LogP contribution in [0.5, 0.6) is 0 Å². The molecule has 0 amide bonds. The van der Waals surface area contributed by atoms with Gasteiger partial charge in [-0.25, -0.2) is 4.79 Å². The Morgan fingerprint density at radius 1 is 1.67 bits per heavy atom. The molecule has 0 aliphatic carbocycles. The van der Waals surface area contributed by atoms with Gasteiger partial charge in [-0.3, -0.25) is 0 Å². The molecule has 0 unspecified atom stereocenters. The minimum atomic E-state index is -0.222. The summed E-state index contributed by atoms with van der Waals surface area (Å²) in [5.41, 5.74) is 0.512. The highest BCUT2D eigenvalue weighted by Crippen LogP contribution is 1.89. The van der Waals surface area contributed by atoms with Crippen LogP contribution in [0.3, 0.4) is 0 Å². The lowest BCUT2D eigenvalue weighted by Gasteiger charge is -1.88. The zero-order valence-electron chi connectivity index (χ0n) is 5.26. The van der Waals surface area contributed by atoms with Crippen molar-refractivity contribution in [3.63, 3.8) is 0 Å². The van der Waals surface area contributed by atoms with Gasteiger partial charge in [0.2, 0.25) is 0 Å². The first-order chi connectivity index (χ1) is 4.34. The van der Waals surface area contributed by atoms with Gasteiger partial charge in [0.05, 0.1) is 6.26 Å². The van der Waals surface area contributed by atoms with Gasteiger partial charge in [0.15, 0.2) is 0 Å². The lowest BCUT2D eigenvalue weighted by Crippen LogP contribution is -2.03. The Kier molecular flexibility index (Phi) is 1.68. The third-order valence-electron chi connectivity index (χ3n) is 1.19. The quantitative estimate of drug-likeness (QED) is 0.563. The highest BCUT2D eigenvalue weighted by atomic mass is 16.4. The van der Waals surface area contributed by atoms with E-state index in [1.807, 2.05) is 6.92 Å². The molecule has 2 heteroatoms. The number of rotatable bonds is 1. The van der Waals surface area contributed by atoms with E-state index in [0.717, 1.165) is 12.0 Å². The molecule has 0 saturated heterocycles. The molecule has 1 heterocycles. The van der Waals surface area contributed by atoms with Crippen LogP contribution in [0.4, 0.5) is 0 Å². The van der Waals surface area contributed by atoms with E-state index in [4.69, 9.17) is 0 Å². The normalized spacial score (nSPS) is 9.44. The van der Waals surface area contributed by atoms with Gasteiger partial charge in [0.25, 0.3) is 0 Å². The fourth-order valence-electron chi connectivity index (χ4n) is 0.662. The van der Waals surface area contributed by atoms with Crippen molar-refractivity contribution in [3.8, 4) is 0 Å². The number of aryl methyl sites for hydroxylation is 1. The smallest absolute Gasteiger partial charge is 0.338 e. The summed E-state index contributed by atoms with van der Waals surface area (Å²) in [5.74, 6) is 0. The molecule has 0 fully saturated rings. The Hall–Kier alpha value is -1.05. The third-order valence-corrected chi connectivity index (χ3v) is 1.19. The molecule has 0 aromatic carbocycles. The van der Waals surface area contributed by atoms with E-state index in [0.29, 0.717) is 0 Å². The summed E-state index contributed by atoms with van der Waals surface area (Å²) in [6.07, 6.45) is 2.13. The summed E-state index contributed by atoms with van der Waals surface area (Å²) in [6, 6.07) is 3.49. The van der Waals surface area contributed by atoms with Crippen molar-refractivity contribution < 1.29 is 4.42 Å². The van der Waals surface area contributed by atoms with Crippen LogP contribution in [0.15, 0.2) is 27.6 Å². The summed E-state index contributed by atoms with van der Waals surface area (Å²) in [7, 11) is 0. The third kappa shape index (κ3) is 1.19. The number of hydrogen-bond acceptors (Lipinski definition) is 2. The van der Waals surface area contributed by atoms with Crippen LogP contribution in [0, 0.1) is 0 Å². The van der Waals surface area contributed by atoms with Gasteiger partial charge in [-0.05, 0) is 18.6 Å². The Labute approximate surface area is 53.1 Å². The minimum Gasteiger partial charge on any atom is -0.431 e. The molecule has 1 aromatic heterocycles. The molecule has 1 aromatic rings. The first kappa shape index (κ1) is 6.08. The second kappa shape index (κ2) is 2.49. The second-order valence-corrected chi connectivity index (χ2v) is 1.78. The molecule has 1 rings (SSSR count). The topological polar surface area (TPSA) is 30.2 Å². The fourth-order valence-corrected chi connectivity index (χ4v) is 0.662. The first-order valence-electron chi connectivity index (χ1n) is 2.91. The van der Waals surface area contributed by atoms with E-state index in [-0.39, 0.29) is 5.63 Å². The standard InChI is InChI=1S/C7H8O2/c1-2-6-4-3-5-9-7(6)8/h3-5H,2H2,1H3. The fraction of sp³-hybridized carbons (Fsp3) is 0.286. The Balaban J connectivity index is 3.16. The van der Waals surface area contributed by atoms with Crippen LogP contribution in [-0.2, 0) is 6.42 Å². The van der Waals surface area contributed by atoms with Crippen LogP contribution < -0.4 is 5.63 Å². The van der Waals surface area contributed by atoms with Gasteiger partial charge in [-0.15, -0.1) is 0 Å². The lowest BCUT2D eigenvalue weighted by atomic mass is 10.2. The predicted octanol–water partition coefficient (Wildman–Crippen LogP) is 1.20. The van der Waals surface area contributed by atoms with Crippen molar-refractivity contribution in [2.24, 2.45) is 0 Å². The molecular weight excluding hydrogens is 116 g/mol. The van der Waals surface area contributed by atoms with E-state index >= 15 is 0 Å². The van der Waals surface area contributed by atoms with Crippen LogP contribution in [0.2, 0.25) is 0 Å². The molecular formula is C7H8O2. The van der Waals surface area contributed by atoms with E-state index < -0.39 is 0 Å². The highest BCUT2D eigenvalue weighted by Gasteiger charge is 1.92. The van der Waals surface area contributed by atoms with Crippen LogP contribution in [0.1, 0.15) is 12.5 Å². The molecule has 0 spiro atoms. The lowest BCUT2D eigenvalue weighted by molar-refractivity contribution is 0.502. The molecule has 0 aliphatic heterocycles. The van der Waals surface area contributed by atoms with E-state index in [9.17, 15) is 4.79 Å². The molecule has 0 N–H and O–H groups in total. The number of hydrogen-bond donors (Lipinski definition) is 0. The van der Waals surface area contributed by atoms with Gasteiger partial charge in [-0.1, -0.05) is 6.92 Å². The molecule has 0 radical (unpaired) electrons. The van der Waals surface area contributed by atoms with Crippen molar-refractivity contribution in [1.82, 2.24) is 0 Å². The van der Waals surface area contributed by atoms with Crippen LogP contribution >= 0.6 is 0 Å². The molecule has 0 aliphatic rings. The van der Waals surface area contributed by atoms with Crippen molar-refractivity contribution in [2.75, 3.05) is 0 Å². The van der Waals surface area contributed by atoms with Gasteiger partial charge in [-0.2, -0.15) is 0 Å². The molecule has 0 atom stereocenters. The van der Waals surface area contributed by atoms with Crippen molar-refractivity contribution >= 4 is 0 Å². The summed E-state index contributed by atoms with van der Waals surface area (Å²) in [4.78, 5) is 10.7. The van der Waals surface area contributed by atoms with E-state index in [1.54, 1.807) is 12.1 Å². The Bertz CT molecular complexity index is 237. The monoisotopic (exact) mass is 124 g/mol. The average molecular weight is 124 g/mol. The molecule has 0 bridgehead atoms. The van der Waals surface area contributed by atoms with Crippen molar-refractivity contribution in [2.45, 2.75) is 13.3 Å². The van der Waals surface area contributed by atoms with Crippen molar-refractivity contribution in [1.29, 1.82) is 0 Å². The largest absolute Gasteiger partial charge is 0.431 e. The van der Waals surface area contributed by atoms with Gasteiger partial charge < -0.3 is 4.42 Å².